The van der Waals surface area contributed by atoms with Gasteiger partial charge in [0.2, 0.25) is 0 Å². The van der Waals surface area contributed by atoms with Gasteiger partial charge < -0.3 is 9.64 Å². The van der Waals surface area contributed by atoms with Crippen molar-refractivity contribution in [3.8, 4) is 0 Å². The molecule has 162 valence electrons. The molecule has 0 aromatic heterocycles. The maximum atomic E-state index is 13.3. The molecular formula is C18H29F2NO6S. The van der Waals surface area contributed by atoms with Crippen LogP contribution >= 0.6 is 0 Å². The topological polar surface area (TPSA) is 101 Å². The first-order valence-electron chi connectivity index (χ1n) is 9.73. The van der Waals surface area contributed by atoms with Crippen LogP contribution in [0, 0.1) is 17.8 Å². The Balaban J connectivity index is 0.000000345. The number of rotatable bonds is 6. The number of ketones is 1. The molecular weight excluding hydrogens is 396 g/mol. The van der Waals surface area contributed by atoms with Crippen LogP contribution in [0.4, 0.5) is 8.78 Å². The highest BCUT2D eigenvalue weighted by molar-refractivity contribution is 7.87. The van der Waals surface area contributed by atoms with Gasteiger partial charge in [0.25, 0.3) is 0 Å². The second-order valence-corrected chi connectivity index (χ2v) is 9.39. The van der Waals surface area contributed by atoms with Crippen LogP contribution < -0.4 is 0 Å². The lowest BCUT2D eigenvalue weighted by Crippen LogP contribution is -2.58. The summed E-state index contributed by atoms with van der Waals surface area (Å²) >= 11 is 0. The standard InChI is InChI=1S/C12H14F2O6S.C6H15N/c13-12(14,21(17,18)19)10(16)20-11-3-6-1-7(4-11)9(15)8(2-6)5-11;1-4-7(5-2)6-3/h6-8H,1-5H2,(H,17,18,19);4-6H2,1-3H3. The fourth-order valence-electron chi connectivity index (χ4n) is 4.83. The summed E-state index contributed by atoms with van der Waals surface area (Å²) in [6.45, 7) is 10.1. The first kappa shape index (κ1) is 23.2. The number of hydrogen-bond donors (Lipinski definition) is 1. The minimum Gasteiger partial charge on any atom is -0.454 e. The molecule has 0 aliphatic heterocycles. The van der Waals surface area contributed by atoms with E-state index in [4.69, 9.17) is 9.29 Å². The summed E-state index contributed by atoms with van der Waals surface area (Å²) in [7, 11) is -5.87. The van der Waals surface area contributed by atoms with Gasteiger partial charge in [-0.3, -0.25) is 9.35 Å². The van der Waals surface area contributed by atoms with E-state index in [1.165, 1.54) is 19.6 Å². The zero-order valence-corrected chi connectivity index (χ0v) is 17.3. The summed E-state index contributed by atoms with van der Waals surface area (Å²) in [4.78, 5) is 25.8. The minimum atomic E-state index is -5.87. The van der Waals surface area contributed by atoms with E-state index in [0.29, 0.717) is 19.3 Å². The molecule has 2 unspecified atom stereocenters. The van der Waals surface area contributed by atoms with Crippen LogP contribution in [0.5, 0.6) is 0 Å². The van der Waals surface area contributed by atoms with Gasteiger partial charge in [0.1, 0.15) is 11.4 Å². The molecule has 0 aromatic rings. The SMILES string of the molecule is CCN(CC)CC.O=C1C2CC3CC1CC(OC(=O)C(F)(F)S(=O)(=O)O)(C3)C2. The van der Waals surface area contributed by atoms with Crippen LogP contribution in [0.3, 0.4) is 0 Å². The number of esters is 1. The normalized spacial score (nSPS) is 31.5. The monoisotopic (exact) mass is 425 g/mol. The Hall–Kier alpha value is -1.13. The molecule has 0 radical (unpaired) electrons. The predicted octanol–water partition coefficient (Wildman–Crippen LogP) is 2.51. The molecule has 2 atom stereocenters. The summed E-state index contributed by atoms with van der Waals surface area (Å²) in [5.41, 5.74) is -1.20. The molecule has 4 aliphatic rings. The van der Waals surface area contributed by atoms with E-state index in [-0.39, 0.29) is 36.4 Å². The van der Waals surface area contributed by atoms with Gasteiger partial charge >= 0.3 is 21.3 Å². The van der Waals surface area contributed by atoms with Crippen LogP contribution in [-0.2, 0) is 24.4 Å². The second-order valence-electron chi connectivity index (χ2n) is 7.93. The first-order chi connectivity index (χ1) is 12.9. The van der Waals surface area contributed by atoms with E-state index < -0.39 is 26.9 Å². The molecule has 0 amide bonds. The summed E-state index contributed by atoms with van der Waals surface area (Å²) < 4.78 is 61.0. The molecule has 0 spiro atoms. The van der Waals surface area contributed by atoms with Crippen molar-refractivity contribution in [2.24, 2.45) is 17.8 Å². The van der Waals surface area contributed by atoms with Gasteiger partial charge in [0, 0.05) is 11.8 Å². The van der Waals surface area contributed by atoms with Crippen LogP contribution in [0.2, 0.25) is 0 Å². The molecule has 4 fully saturated rings. The van der Waals surface area contributed by atoms with Gasteiger partial charge in [-0.2, -0.15) is 17.2 Å². The minimum absolute atomic E-state index is 0.0826. The summed E-state index contributed by atoms with van der Waals surface area (Å²) in [6, 6.07) is 0. The van der Waals surface area contributed by atoms with Crippen molar-refractivity contribution in [3.05, 3.63) is 0 Å². The number of nitrogens with zero attached hydrogens (tertiary/aromatic N) is 1. The smallest absolute Gasteiger partial charge is 0.454 e. The molecule has 4 bridgehead atoms. The van der Waals surface area contributed by atoms with Crippen LogP contribution in [0.25, 0.3) is 0 Å². The van der Waals surface area contributed by atoms with Gasteiger partial charge in [0.05, 0.1) is 0 Å². The van der Waals surface area contributed by atoms with E-state index >= 15 is 0 Å². The Labute approximate surface area is 164 Å². The van der Waals surface area contributed by atoms with Gasteiger partial charge in [-0.1, -0.05) is 20.8 Å². The molecule has 10 heteroatoms. The van der Waals surface area contributed by atoms with Gasteiger partial charge in [-0.05, 0) is 57.7 Å². The van der Waals surface area contributed by atoms with Crippen molar-refractivity contribution in [2.45, 2.75) is 63.7 Å². The number of carbonyl (C=O) groups excluding carboxylic acids is 2. The fraction of sp³-hybridized carbons (Fsp3) is 0.889. The van der Waals surface area contributed by atoms with Crippen LogP contribution in [0.15, 0.2) is 0 Å². The van der Waals surface area contributed by atoms with Crippen molar-refractivity contribution in [1.82, 2.24) is 4.90 Å². The highest BCUT2D eigenvalue weighted by Gasteiger charge is 2.61. The van der Waals surface area contributed by atoms with E-state index in [9.17, 15) is 26.8 Å². The quantitative estimate of drug-likeness (QED) is 0.515. The lowest BCUT2D eigenvalue weighted by Gasteiger charge is -2.54. The van der Waals surface area contributed by atoms with E-state index in [2.05, 4.69) is 25.7 Å². The summed E-state index contributed by atoms with van der Waals surface area (Å²) in [5.74, 6) is -2.65. The number of carbonyl (C=O) groups is 2. The summed E-state index contributed by atoms with van der Waals surface area (Å²) in [6.07, 6.45) is 2.02. The van der Waals surface area contributed by atoms with Crippen LogP contribution in [0.1, 0.15) is 52.9 Å². The molecule has 0 heterocycles. The maximum Gasteiger partial charge on any atom is 0.465 e. The third kappa shape index (κ3) is 4.54. The van der Waals surface area contributed by atoms with Crippen molar-refractivity contribution in [1.29, 1.82) is 0 Å². The van der Waals surface area contributed by atoms with Gasteiger partial charge in [-0.25, -0.2) is 4.79 Å². The Morgan fingerprint density at radius 2 is 1.61 bits per heavy atom. The Morgan fingerprint density at radius 1 is 1.14 bits per heavy atom. The third-order valence-electron chi connectivity index (χ3n) is 6.15. The number of hydrogen-bond acceptors (Lipinski definition) is 6. The van der Waals surface area contributed by atoms with Gasteiger partial charge in [-0.15, -0.1) is 0 Å². The Bertz CT molecular complexity index is 683. The predicted molar refractivity (Wildman–Crippen MR) is 97.3 cm³/mol. The average molecular weight is 425 g/mol. The van der Waals surface area contributed by atoms with Crippen LogP contribution in [-0.4, -0.2) is 60.1 Å². The molecule has 7 nitrogen and oxygen atoms in total. The Morgan fingerprint density at radius 3 is 1.96 bits per heavy atom. The molecule has 1 N–H and O–H groups in total. The van der Waals surface area contributed by atoms with E-state index in [0.717, 1.165) is 0 Å². The summed E-state index contributed by atoms with van der Waals surface area (Å²) in [5, 5.41) is -4.99. The van der Waals surface area contributed by atoms with Crippen molar-refractivity contribution < 1.29 is 36.1 Å². The molecule has 0 saturated heterocycles. The van der Waals surface area contributed by atoms with Gasteiger partial charge in [0.15, 0.2) is 0 Å². The maximum absolute atomic E-state index is 13.3. The average Bonchev–Trinajstić information content (AvgIpc) is 2.59. The molecule has 4 rings (SSSR count). The van der Waals surface area contributed by atoms with Crippen molar-refractivity contribution >= 4 is 21.9 Å². The molecule has 4 saturated carbocycles. The molecule has 0 aromatic carbocycles. The number of Topliss-reactive ketones (excluding diaryl/α,β-unsaturated/α-hetero) is 1. The fourth-order valence-corrected chi connectivity index (χ4v) is 5.08. The lowest BCUT2D eigenvalue weighted by molar-refractivity contribution is -0.201. The van der Waals surface area contributed by atoms with Crippen molar-refractivity contribution in [3.63, 3.8) is 0 Å². The zero-order chi connectivity index (χ0) is 21.3. The third-order valence-corrected chi connectivity index (χ3v) is 6.97. The second kappa shape index (κ2) is 8.31. The highest BCUT2D eigenvalue weighted by Crippen LogP contribution is 2.55. The highest BCUT2D eigenvalue weighted by atomic mass is 32.2. The molecule has 4 aliphatic carbocycles. The number of alkyl halides is 2. The number of ether oxygens (including phenoxy) is 1. The van der Waals surface area contributed by atoms with E-state index in [1.54, 1.807) is 0 Å². The van der Waals surface area contributed by atoms with Crippen molar-refractivity contribution in [2.75, 3.05) is 19.6 Å². The largest absolute Gasteiger partial charge is 0.465 e. The zero-order valence-electron chi connectivity index (χ0n) is 16.5. The van der Waals surface area contributed by atoms with E-state index in [1.807, 2.05) is 0 Å². The first-order valence-corrected chi connectivity index (χ1v) is 11.2. The number of halogens is 2. The molecule has 28 heavy (non-hydrogen) atoms. The Kier molecular flexibility index (Phi) is 6.87. The lowest BCUT2D eigenvalue weighted by atomic mass is 9.53.